The van der Waals surface area contributed by atoms with Crippen LogP contribution in [0.25, 0.3) is 0 Å². The van der Waals surface area contributed by atoms with Crippen LogP contribution in [-0.4, -0.2) is 52.0 Å². The zero-order valence-electron chi connectivity index (χ0n) is 21.3. The molecule has 194 valence electrons. The van der Waals surface area contributed by atoms with Crippen molar-refractivity contribution >= 4 is 17.6 Å². The van der Waals surface area contributed by atoms with E-state index in [-0.39, 0.29) is 11.8 Å². The molecule has 2 saturated heterocycles. The molecule has 3 heterocycles. The van der Waals surface area contributed by atoms with Gasteiger partial charge in [0.15, 0.2) is 12.1 Å². The average molecular weight is 505 g/mol. The van der Waals surface area contributed by atoms with E-state index in [1.807, 2.05) is 6.92 Å². The van der Waals surface area contributed by atoms with Gasteiger partial charge in [-0.15, -0.1) is 0 Å². The Morgan fingerprint density at radius 2 is 1.65 bits per heavy atom. The summed E-state index contributed by atoms with van der Waals surface area (Å²) in [5.74, 6) is 1.59. The van der Waals surface area contributed by atoms with Gasteiger partial charge in [0.05, 0.1) is 0 Å². The van der Waals surface area contributed by atoms with Gasteiger partial charge in [-0.2, -0.15) is 5.10 Å². The van der Waals surface area contributed by atoms with Crippen molar-refractivity contribution < 1.29 is 23.8 Å². The topological polar surface area (TPSA) is 94.9 Å². The molecule has 2 aliphatic rings. The molecule has 2 amide bonds. The van der Waals surface area contributed by atoms with Crippen LogP contribution in [-0.2, 0) is 11.8 Å². The Hall–Kier alpha value is -3.85. The van der Waals surface area contributed by atoms with Gasteiger partial charge in [-0.1, -0.05) is 6.92 Å². The van der Waals surface area contributed by atoms with Crippen LogP contribution in [0.2, 0.25) is 0 Å². The maximum atomic E-state index is 13.1. The van der Waals surface area contributed by atoms with Crippen LogP contribution in [0, 0.1) is 0 Å². The molecule has 2 aliphatic heterocycles. The van der Waals surface area contributed by atoms with Gasteiger partial charge in [-0.05, 0) is 62.1 Å². The minimum Gasteiger partial charge on any atom is -0.465 e. The van der Waals surface area contributed by atoms with Gasteiger partial charge in [-0.3, -0.25) is 14.3 Å². The molecule has 5 rings (SSSR count). The summed E-state index contributed by atoms with van der Waals surface area (Å²) in [5.41, 5.74) is 1.00. The van der Waals surface area contributed by atoms with Crippen molar-refractivity contribution in [3.05, 3.63) is 65.9 Å². The van der Waals surface area contributed by atoms with E-state index in [0.29, 0.717) is 52.7 Å². The highest BCUT2D eigenvalue weighted by Crippen LogP contribution is 2.38. The number of hydrogen-bond donors (Lipinski definition) is 1. The minimum absolute atomic E-state index is 0.0885. The molecule has 9 nitrogen and oxygen atoms in total. The third-order valence-electron chi connectivity index (χ3n) is 6.99. The first-order chi connectivity index (χ1) is 17.9. The lowest BCUT2D eigenvalue weighted by Gasteiger charge is -2.22. The Kier molecular flexibility index (Phi) is 7.14. The maximum Gasteiger partial charge on any atom is 0.257 e. The summed E-state index contributed by atoms with van der Waals surface area (Å²) in [6.45, 7) is 1.94. The summed E-state index contributed by atoms with van der Waals surface area (Å²) in [4.78, 5) is 28.1. The van der Waals surface area contributed by atoms with Crippen molar-refractivity contribution in [3.63, 3.8) is 0 Å². The summed E-state index contributed by atoms with van der Waals surface area (Å²) in [5, 5.41) is 6.98. The molecule has 1 atom stereocenters. The first-order valence-electron chi connectivity index (χ1n) is 12.7. The first-order valence-corrected chi connectivity index (χ1v) is 12.7. The summed E-state index contributed by atoms with van der Waals surface area (Å²) >= 11 is 0. The molecule has 0 aliphatic carbocycles. The van der Waals surface area contributed by atoms with Gasteiger partial charge >= 0.3 is 0 Å². The number of nitrogens with one attached hydrogen (secondary N) is 1. The molecule has 0 saturated carbocycles. The molecule has 3 aromatic rings. The minimum atomic E-state index is -0.465. The standard InChI is InChI=1S/C28H32N4O5/c1-4-26(35-3)37-24-16-19(27(33)29-25-13-14-31(2)30-25)15-23(17-24)36-22-11-5-18(6-12-22)28(34)32-20-7-8-21(32)10-9-20/h5-6,11-17,20-21,26H,4,7-10H2,1-3H3,(H,29,30,33). The van der Waals surface area contributed by atoms with Gasteiger partial charge in [0, 0.05) is 62.1 Å². The number of fused-ring (bicyclic) bond motifs is 2. The largest absolute Gasteiger partial charge is 0.465 e. The lowest BCUT2D eigenvalue weighted by atomic mass is 10.0. The predicted octanol–water partition coefficient (Wildman–Crippen LogP) is 4.99. The number of amides is 2. The van der Waals surface area contributed by atoms with Crippen molar-refractivity contribution in [3.8, 4) is 17.2 Å². The van der Waals surface area contributed by atoms with E-state index in [1.54, 1.807) is 73.6 Å². The van der Waals surface area contributed by atoms with Crippen LogP contribution >= 0.6 is 0 Å². The molecule has 1 unspecified atom stereocenters. The van der Waals surface area contributed by atoms with Crippen LogP contribution in [0.3, 0.4) is 0 Å². The number of benzene rings is 2. The molecule has 1 aromatic heterocycles. The second-order valence-corrected chi connectivity index (χ2v) is 9.51. The average Bonchev–Trinajstić information content (AvgIpc) is 3.63. The van der Waals surface area contributed by atoms with Gasteiger partial charge in [0.25, 0.3) is 11.8 Å². The summed E-state index contributed by atoms with van der Waals surface area (Å²) < 4.78 is 19.0. The normalized spacial score (nSPS) is 19.1. The van der Waals surface area contributed by atoms with Crippen molar-refractivity contribution in [2.75, 3.05) is 12.4 Å². The van der Waals surface area contributed by atoms with E-state index in [0.717, 1.165) is 25.7 Å². The van der Waals surface area contributed by atoms with Crippen LogP contribution in [0.4, 0.5) is 5.82 Å². The van der Waals surface area contributed by atoms with Crippen molar-refractivity contribution in [1.29, 1.82) is 0 Å². The number of ether oxygens (including phenoxy) is 3. The smallest absolute Gasteiger partial charge is 0.257 e. The molecule has 0 radical (unpaired) electrons. The Morgan fingerprint density at radius 3 is 2.24 bits per heavy atom. The molecular weight excluding hydrogens is 472 g/mol. The van der Waals surface area contributed by atoms with E-state index in [9.17, 15) is 9.59 Å². The molecular formula is C28H32N4O5. The number of nitrogens with zero attached hydrogens (tertiary/aromatic N) is 3. The number of methoxy groups -OCH3 is 1. The van der Waals surface area contributed by atoms with Crippen molar-refractivity contribution in [1.82, 2.24) is 14.7 Å². The lowest BCUT2D eigenvalue weighted by molar-refractivity contribution is -0.0549. The van der Waals surface area contributed by atoms with Crippen LogP contribution < -0.4 is 14.8 Å². The zero-order chi connectivity index (χ0) is 25.9. The second-order valence-electron chi connectivity index (χ2n) is 9.51. The Balaban J connectivity index is 1.34. The predicted molar refractivity (Wildman–Crippen MR) is 138 cm³/mol. The number of anilines is 1. The summed E-state index contributed by atoms with van der Waals surface area (Å²) in [6, 6.07) is 14.6. The number of rotatable bonds is 9. The van der Waals surface area contributed by atoms with E-state index < -0.39 is 6.29 Å². The fraction of sp³-hybridized carbons (Fsp3) is 0.393. The monoisotopic (exact) mass is 504 g/mol. The number of carbonyl (C=O) groups is 2. The third-order valence-corrected chi connectivity index (χ3v) is 6.99. The van der Waals surface area contributed by atoms with Gasteiger partial charge < -0.3 is 24.4 Å². The zero-order valence-corrected chi connectivity index (χ0v) is 21.3. The summed E-state index contributed by atoms with van der Waals surface area (Å²) in [6.07, 6.45) is 6.33. The Morgan fingerprint density at radius 1 is 0.973 bits per heavy atom. The van der Waals surface area contributed by atoms with Gasteiger partial charge in [0.2, 0.25) is 0 Å². The Labute approximate surface area is 216 Å². The first kappa shape index (κ1) is 24.8. The van der Waals surface area contributed by atoms with E-state index >= 15 is 0 Å². The molecule has 37 heavy (non-hydrogen) atoms. The SMILES string of the molecule is CCC(OC)Oc1cc(Oc2ccc(C(=O)N3C4CCC3CC4)cc2)cc(C(=O)Nc2ccn(C)n2)c1. The molecule has 2 aromatic carbocycles. The molecule has 0 spiro atoms. The lowest BCUT2D eigenvalue weighted by Crippen LogP contribution is -2.35. The number of aromatic nitrogens is 2. The van der Waals surface area contributed by atoms with Crippen LogP contribution in [0.1, 0.15) is 59.7 Å². The fourth-order valence-electron chi connectivity index (χ4n) is 5.14. The van der Waals surface area contributed by atoms with Crippen LogP contribution in [0.5, 0.6) is 17.2 Å². The number of aryl methyl sites for hydroxylation is 1. The van der Waals surface area contributed by atoms with Crippen LogP contribution in [0.15, 0.2) is 54.7 Å². The van der Waals surface area contributed by atoms with Crippen molar-refractivity contribution in [2.45, 2.75) is 57.4 Å². The highest BCUT2D eigenvalue weighted by molar-refractivity contribution is 6.04. The van der Waals surface area contributed by atoms with Crippen molar-refractivity contribution in [2.24, 2.45) is 7.05 Å². The van der Waals surface area contributed by atoms with E-state index in [1.165, 1.54) is 0 Å². The van der Waals surface area contributed by atoms with E-state index in [4.69, 9.17) is 14.2 Å². The highest BCUT2D eigenvalue weighted by Gasteiger charge is 2.42. The quantitative estimate of drug-likeness (QED) is 0.413. The molecule has 2 fully saturated rings. The number of carbonyl (C=O) groups excluding carboxylic acids is 2. The second kappa shape index (κ2) is 10.6. The number of hydrogen-bond acceptors (Lipinski definition) is 6. The molecule has 9 heteroatoms. The van der Waals surface area contributed by atoms with E-state index in [2.05, 4.69) is 15.3 Å². The maximum absolute atomic E-state index is 13.1. The highest BCUT2D eigenvalue weighted by atomic mass is 16.7. The molecule has 1 N–H and O–H groups in total. The van der Waals surface area contributed by atoms with Gasteiger partial charge in [0.1, 0.15) is 17.2 Å². The third kappa shape index (κ3) is 5.46. The summed E-state index contributed by atoms with van der Waals surface area (Å²) in [7, 11) is 3.35. The fourth-order valence-corrected chi connectivity index (χ4v) is 5.14. The van der Waals surface area contributed by atoms with Gasteiger partial charge in [-0.25, -0.2) is 0 Å². The Bertz CT molecular complexity index is 1250. The molecule has 2 bridgehead atoms.